The summed E-state index contributed by atoms with van der Waals surface area (Å²) >= 11 is 3.38. The number of amides is 2. The molecule has 1 fully saturated rings. The first-order valence-corrected chi connectivity index (χ1v) is 9.16. The van der Waals surface area contributed by atoms with Crippen molar-refractivity contribution < 1.29 is 9.59 Å². The molecule has 2 aliphatic rings. The molecule has 7 nitrogen and oxygen atoms in total. The van der Waals surface area contributed by atoms with E-state index in [9.17, 15) is 9.59 Å². The second-order valence-corrected chi connectivity index (χ2v) is 7.30. The summed E-state index contributed by atoms with van der Waals surface area (Å²) in [4.78, 5) is 26.4. The van der Waals surface area contributed by atoms with Crippen LogP contribution >= 0.6 is 15.9 Å². The molecule has 0 saturated carbocycles. The van der Waals surface area contributed by atoms with Gasteiger partial charge in [0, 0.05) is 36.1 Å². The van der Waals surface area contributed by atoms with Gasteiger partial charge >= 0.3 is 0 Å². The minimum Gasteiger partial charge on any atom is -0.348 e. The largest absolute Gasteiger partial charge is 0.348 e. The summed E-state index contributed by atoms with van der Waals surface area (Å²) in [6.07, 6.45) is 2.26. The van der Waals surface area contributed by atoms with Crippen LogP contribution in [0.25, 0.3) is 0 Å². The number of hydrogen-bond acceptors (Lipinski definition) is 4. The highest BCUT2D eigenvalue weighted by Crippen LogP contribution is 2.26. The number of rotatable bonds is 4. The lowest BCUT2D eigenvalue weighted by Crippen LogP contribution is -2.33. The number of carbonyl (C=O) groups is 2. The molecule has 25 heavy (non-hydrogen) atoms. The first-order chi connectivity index (χ1) is 12.1. The smallest absolute Gasteiger partial charge is 0.227 e. The SMILES string of the molecule is O=C(NCc1nnc2n1CCC2)[C@H]1CC(=O)N(c2ccc(Br)cc2)C1. The third-order valence-corrected chi connectivity index (χ3v) is 5.27. The van der Waals surface area contributed by atoms with Crippen molar-refractivity contribution in [3.8, 4) is 0 Å². The predicted octanol–water partition coefficient (Wildman–Crippen LogP) is 1.66. The van der Waals surface area contributed by atoms with E-state index in [2.05, 4.69) is 36.0 Å². The molecule has 2 amide bonds. The number of nitrogens with one attached hydrogen (secondary N) is 1. The van der Waals surface area contributed by atoms with Crippen molar-refractivity contribution in [2.24, 2.45) is 5.92 Å². The van der Waals surface area contributed by atoms with E-state index in [0.29, 0.717) is 13.1 Å². The Kier molecular flexibility index (Phi) is 4.29. The Bertz CT molecular complexity index is 817. The second-order valence-electron chi connectivity index (χ2n) is 6.39. The van der Waals surface area contributed by atoms with Crippen LogP contribution in [0.4, 0.5) is 5.69 Å². The molecule has 8 heteroatoms. The van der Waals surface area contributed by atoms with Crippen LogP contribution in [0.5, 0.6) is 0 Å². The van der Waals surface area contributed by atoms with Gasteiger partial charge in [0.1, 0.15) is 5.82 Å². The minimum absolute atomic E-state index is 0.0224. The number of aryl methyl sites for hydroxylation is 1. The molecule has 4 rings (SSSR count). The van der Waals surface area contributed by atoms with E-state index in [1.807, 2.05) is 24.3 Å². The molecule has 0 spiro atoms. The van der Waals surface area contributed by atoms with Gasteiger partial charge in [-0.2, -0.15) is 0 Å². The van der Waals surface area contributed by atoms with E-state index in [4.69, 9.17) is 0 Å². The fourth-order valence-electron chi connectivity index (χ4n) is 3.41. The summed E-state index contributed by atoms with van der Waals surface area (Å²) in [6.45, 7) is 1.67. The Labute approximate surface area is 153 Å². The summed E-state index contributed by atoms with van der Waals surface area (Å²) in [5, 5.41) is 11.2. The normalized spacial score (nSPS) is 19.3. The lowest BCUT2D eigenvalue weighted by molar-refractivity contribution is -0.126. The van der Waals surface area contributed by atoms with Gasteiger partial charge in [0.15, 0.2) is 5.82 Å². The Morgan fingerprint density at radius 3 is 2.88 bits per heavy atom. The molecular weight excluding hydrogens is 386 g/mol. The molecular formula is C17H18BrN5O2. The molecule has 2 aromatic rings. The molecule has 3 heterocycles. The molecule has 1 N–H and O–H groups in total. The van der Waals surface area contributed by atoms with Crippen molar-refractivity contribution in [1.82, 2.24) is 20.1 Å². The number of hydrogen-bond donors (Lipinski definition) is 1. The molecule has 1 saturated heterocycles. The lowest BCUT2D eigenvalue weighted by atomic mass is 10.1. The van der Waals surface area contributed by atoms with Gasteiger partial charge in [-0.1, -0.05) is 15.9 Å². The van der Waals surface area contributed by atoms with Crippen molar-refractivity contribution in [1.29, 1.82) is 0 Å². The van der Waals surface area contributed by atoms with Gasteiger partial charge in [-0.25, -0.2) is 0 Å². The zero-order valence-electron chi connectivity index (χ0n) is 13.6. The lowest BCUT2D eigenvalue weighted by Gasteiger charge is -2.16. The van der Waals surface area contributed by atoms with Gasteiger partial charge < -0.3 is 14.8 Å². The molecule has 1 atom stereocenters. The zero-order chi connectivity index (χ0) is 17.4. The first-order valence-electron chi connectivity index (χ1n) is 8.36. The Morgan fingerprint density at radius 2 is 2.08 bits per heavy atom. The van der Waals surface area contributed by atoms with Crippen molar-refractivity contribution in [3.05, 3.63) is 40.4 Å². The Morgan fingerprint density at radius 1 is 1.28 bits per heavy atom. The fraction of sp³-hybridized carbons (Fsp3) is 0.412. The summed E-state index contributed by atoms with van der Waals surface area (Å²) in [6, 6.07) is 7.54. The highest BCUT2D eigenvalue weighted by Gasteiger charge is 2.35. The maximum atomic E-state index is 12.5. The standard InChI is InChI=1S/C17H18BrN5O2/c18-12-3-5-13(6-4-12)23-10-11(8-16(23)24)17(25)19-9-15-21-20-14-2-1-7-22(14)15/h3-6,11H,1-2,7-10H2,(H,19,25)/t11-/m0/s1. The predicted molar refractivity (Wildman–Crippen MR) is 94.8 cm³/mol. The molecule has 0 bridgehead atoms. The third kappa shape index (κ3) is 3.18. The van der Waals surface area contributed by atoms with E-state index < -0.39 is 0 Å². The van der Waals surface area contributed by atoms with Gasteiger partial charge in [0.05, 0.1) is 12.5 Å². The summed E-state index contributed by atoms with van der Waals surface area (Å²) in [7, 11) is 0. The molecule has 1 aromatic carbocycles. The van der Waals surface area contributed by atoms with Crippen molar-refractivity contribution in [2.75, 3.05) is 11.4 Å². The van der Waals surface area contributed by atoms with Gasteiger partial charge in [0.25, 0.3) is 0 Å². The number of halogens is 1. The molecule has 2 aliphatic heterocycles. The van der Waals surface area contributed by atoms with E-state index in [1.54, 1.807) is 4.90 Å². The van der Waals surface area contributed by atoms with Crippen LogP contribution in [0.15, 0.2) is 28.7 Å². The number of anilines is 1. The van der Waals surface area contributed by atoms with Crippen molar-refractivity contribution in [3.63, 3.8) is 0 Å². The van der Waals surface area contributed by atoms with Crippen LogP contribution in [0.1, 0.15) is 24.5 Å². The molecule has 0 radical (unpaired) electrons. The van der Waals surface area contributed by atoms with Crippen LogP contribution in [0, 0.1) is 5.92 Å². The highest BCUT2D eigenvalue weighted by molar-refractivity contribution is 9.10. The van der Waals surface area contributed by atoms with Gasteiger partial charge in [-0.3, -0.25) is 9.59 Å². The Hall–Kier alpha value is -2.22. The summed E-state index contributed by atoms with van der Waals surface area (Å²) in [5.74, 6) is 1.31. The van der Waals surface area contributed by atoms with E-state index in [1.165, 1.54) is 0 Å². The quantitative estimate of drug-likeness (QED) is 0.841. The maximum absolute atomic E-state index is 12.5. The van der Waals surface area contributed by atoms with Crippen LogP contribution in [0.3, 0.4) is 0 Å². The summed E-state index contributed by atoms with van der Waals surface area (Å²) < 4.78 is 3.02. The number of benzene rings is 1. The average molecular weight is 404 g/mol. The van der Waals surface area contributed by atoms with Crippen LogP contribution in [-0.4, -0.2) is 33.1 Å². The molecule has 130 valence electrons. The second kappa shape index (κ2) is 6.59. The van der Waals surface area contributed by atoms with Gasteiger partial charge in [-0.05, 0) is 30.7 Å². The Balaban J connectivity index is 1.38. The highest BCUT2D eigenvalue weighted by atomic mass is 79.9. The van der Waals surface area contributed by atoms with Gasteiger partial charge in [0.2, 0.25) is 11.8 Å². The maximum Gasteiger partial charge on any atom is 0.227 e. The average Bonchev–Trinajstić information content (AvgIpc) is 3.29. The number of fused-ring (bicyclic) bond motifs is 1. The van der Waals surface area contributed by atoms with Crippen LogP contribution < -0.4 is 10.2 Å². The monoisotopic (exact) mass is 403 g/mol. The molecule has 0 unspecified atom stereocenters. The van der Waals surface area contributed by atoms with E-state index in [-0.39, 0.29) is 24.2 Å². The number of nitrogens with zero attached hydrogens (tertiary/aromatic N) is 4. The molecule has 0 aliphatic carbocycles. The number of aromatic nitrogens is 3. The minimum atomic E-state index is -0.336. The fourth-order valence-corrected chi connectivity index (χ4v) is 3.67. The first kappa shape index (κ1) is 16.3. The van der Waals surface area contributed by atoms with Crippen LogP contribution in [-0.2, 0) is 29.1 Å². The number of carbonyl (C=O) groups excluding carboxylic acids is 2. The van der Waals surface area contributed by atoms with Crippen molar-refractivity contribution in [2.45, 2.75) is 32.4 Å². The summed E-state index contributed by atoms with van der Waals surface area (Å²) in [5.41, 5.74) is 0.818. The van der Waals surface area contributed by atoms with Gasteiger partial charge in [-0.15, -0.1) is 10.2 Å². The van der Waals surface area contributed by atoms with Crippen molar-refractivity contribution >= 4 is 33.4 Å². The van der Waals surface area contributed by atoms with E-state index >= 15 is 0 Å². The topological polar surface area (TPSA) is 80.1 Å². The van der Waals surface area contributed by atoms with Crippen LogP contribution in [0.2, 0.25) is 0 Å². The zero-order valence-corrected chi connectivity index (χ0v) is 15.2. The van der Waals surface area contributed by atoms with E-state index in [0.717, 1.165) is 41.2 Å². The third-order valence-electron chi connectivity index (χ3n) is 4.74. The molecule has 1 aromatic heterocycles.